The maximum Gasteiger partial charge on any atom is 0.308 e. The molecule has 1 rings (SSSR count). The van der Waals surface area contributed by atoms with Crippen molar-refractivity contribution in [2.75, 3.05) is 20.2 Å². The van der Waals surface area contributed by atoms with Crippen molar-refractivity contribution in [3.63, 3.8) is 0 Å². The summed E-state index contributed by atoms with van der Waals surface area (Å²) in [5.41, 5.74) is 0.104. The van der Waals surface area contributed by atoms with E-state index in [-0.39, 0.29) is 12.4 Å². The molecule has 0 saturated heterocycles. The van der Waals surface area contributed by atoms with E-state index < -0.39 is 5.60 Å². The summed E-state index contributed by atoms with van der Waals surface area (Å²) in [5.74, 6) is -0.361. The van der Waals surface area contributed by atoms with E-state index in [9.17, 15) is 9.90 Å². The summed E-state index contributed by atoms with van der Waals surface area (Å²) < 4.78 is 4.86. The number of ether oxygens (including phenoxy) is 1. The van der Waals surface area contributed by atoms with E-state index in [4.69, 9.17) is 4.74 Å². The predicted molar refractivity (Wildman–Crippen MR) is 74.6 cm³/mol. The van der Waals surface area contributed by atoms with Crippen LogP contribution in [0.15, 0.2) is 30.3 Å². The topological polar surface area (TPSA) is 49.8 Å². The highest BCUT2D eigenvalue weighted by Gasteiger charge is 2.26. The highest BCUT2D eigenvalue weighted by Crippen LogP contribution is 2.13. The third-order valence-corrected chi connectivity index (χ3v) is 2.74. The highest BCUT2D eigenvalue weighted by atomic mass is 16.5. The van der Waals surface area contributed by atoms with Gasteiger partial charge in [0, 0.05) is 13.1 Å². The maximum absolute atomic E-state index is 11.4. The van der Waals surface area contributed by atoms with Gasteiger partial charge in [0.25, 0.3) is 0 Å². The molecule has 0 aliphatic rings. The van der Waals surface area contributed by atoms with E-state index in [2.05, 4.69) is 0 Å². The molecule has 0 bridgehead atoms. The average Bonchev–Trinajstić information content (AvgIpc) is 2.28. The summed E-state index contributed by atoms with van der Waals surface area (Å²) in [7, 11) is 1.92. The molecule has 0 aliphatic heterocycles. The van der Waals surface area contributed by atoms with Gasteiger partial charge in [-0.05, 0) is 26.5 Å². The molecule has 1 aromatic carbocycles. The Hall–Kier alpha value is -1.39. The van der Waals surface area contributed by atoms with Gasteiger partial charge in [-0.3, -0.25) is 9.69 Å². The SMILES string of the molecule is CCOC(=O)CC(C)(O)CN(C)Cc1ccccc1. The molecule has 0 fully saturated rings. The van der Waals surface area contributed by atoms with Gasteiger partial charge in [-0.25, -0.2) is 0 Å². The zero-order valence-corrected chi connectivity index (χ0v) is 11.9. The second-order valence-electron chi connectivity index (χ2n) is 5.14. The lowest BCUT2D eigenvalue weighted by Crippen LogP contribution is -2.40. The predicted octanol–water partition coefficient (Wildman–Crippen LogP) is 1.82. The Morgan fingerprint density at radius 1 is 1.37 bits per heavy atom. The van der Waals surface area contributed by atoms with Crippen molar-refractivity contribution in [1.29, 1.82) is 0 Å². The molecule has 1 aromatic rings. The summed E-state index contributed by atoms with van der Waals surface area (Å²) in [6, 6.07) is 10.0. The third kappa shape index (κ3) is 6.36. The van der Waals surface area contributed by atoms with Crippen molar-refractivity contribution in [3.05, 3.63) is 35.9 Å². The number of carbonyl (C=O) groups is 1. The normalized spacial score (nSPS) is 14.2. The van der Waals surface area contributed by atoms with Gasteiger partial charge in [-0.1, -0.05) is 30.3 Å². The number of aliphatic hydroxyl groups is 1. The molecule has 0 radical (unpaired) electrons. The summed E-state index contributed by atoms with van der Waals surface area (Å²) in [6.07, 6.45) is 0.0139. The number of nitrogens with zero attached hydrogens (tertiary/aromatic N) is 1. The van der Waals surface area contributed by atoms with Crippen LogP contribution in [0.5, 0.6) is 0 Å². The van der Waals surface area contributed by atoms with Crippen molar-refractivity contribution in [1.82, 2.24) is 4.90 Å². The molecule has 0 saturated carbocycles. The largest absolute Gasteiger partial charge is 0.466 e. The molecule has 0 aliphatic carbocycles. The minimum absolute atomic E-state index is 0.0139. The number of likely N-dealkylation sites (N-methyl/N-ethyl adjacent to an activating group) is 1. The Labute approximate surface area is 115 Å². The van der Waals surface area contributed by atoms with Gasteiger partial charge in [0.1, 0.15) is 0 Å². The van der Waals surface area contributed by atoms with Crippen LogP contribution in [0.25, 0.3) is 0 Å². The zero-order chi connectivity index (χ0) is 14.3. The smallest absolute Gasteiger partial charge is 0.308 e. The van der Waals surface area contributed by atoms with Crippen LogP contribution < -0.4 is 0 Å². The first kappa shape index (κ1) is 15.7. The van der Waals surface area contributed by atoms with Gasteiger partial charge in [-0.2, -0.15) is 0 Å². The first-order valence-corrected chi connectivity index (χ1v) is 6.53. The van der Waals surface area contributed by atoms with Crippen LogP contribution in [0.3, 0.4) is 0 Å². The van der Waals surface area contributed by atoms with Crippen LogP contribution in [0.2, 0.25) is 0 Å². The van der Waals surface area contributed by atoms with Crippen LogP contribution in [0.4, 0.5) is 0 Å². The summed E-state index contributed by atoms with van der Waals surface area (Å²) >= 11 is 0. The summed E-state index contributed by atoms with van der Waals surface area (Å²) in [5, 5.41) is 10.2. The van der Waals surface area contributed by atoms with E-state index in [0.717, 1.165) is 6.54 Å². The second kappa shape index (κ2) is 7.26. The van der Waals surface area contributed by atoms with Crippen molar-refractivity contribution < 1.29 is 14.6 Å². The van der Waals surface area contributed by atoms with Crippen LogP contribution in [0, 0.1) is 0 Å². The third-order valence-electron chi connectivity index (χ3n) is 2.74. The molecule has 1 atom stereocenters. The van der Waals surface area contributed by atoms with Gasteiger partial charge in [0.15, 0.2) is 0 Å². The summed E-state index contributed by atoms with van der Waals surface area (Å²) in [6.45, 7) is 4.91. The Morgan fingerprint density at radius 3 is 2.58 bits per heavy atom. The van der Waals surface area contributed by atoms with Gasteiger partial charge in [-0.15, -0.1) is 0 Å². The van der Waals surface area contributed by atoms with Gasteiger partial charge in [0.05, 0.1) is 18.6 Å². The molecule has 0 heterocycles. The van der Waals surface area contributed by atoms with Crippen molar-refractivity contribution >= 4 is 5.97 Å². The van der Waals surface area contributed by atoms with E-state index in [0.29, 0.717) is 13.2 Å². The van der Waals surface area contributed by atoms with E-state index in [1.807, 2.05) is 42.3 Å². The van der Waals surface area contributed by atoms with Crippen molar-refractivity contribution in [2.24, 2.45) is 0 Å². The quantitative estimate of drug-likeness (QED) is 0.764. The molecular weight excluding hydrogens is 242 g/mol. The van der Waals surface area contributed by atoms with E-state index in [1.54, 1.807) is 13.8 Å². The lowest BCUT2D eigenvalue weighted by molar-refractivity contribution is -0.148. The molecule has 1 unspecified atom stereocenters. The average molecular weight is 265 g/mol. The number of esters is 1. The number of hydrogen-bond acceptors (Lipinski definition) is 4. The van der Waals surface area contributed by atoms with Crippen LogP contribution >= 0.6 is 0 Å². The molecule has 0 amide bonds. The lowest BCUT2D eigenvalue weighted by Gasteiger charge is -2.28. The fraction of sp³-hybridized carbons (Fsp3) is 0.533. The minimum Gasteiger partial charge on any atom is -0.466 e. The second-order valence-corrected chi connectivity index (χ2v) is 5.14. The molecular formula is C15H23NO3. The Bertz CT molecular complexity index is 390. The highest BCUT2D eigenvalue weighted by molar-refractivity contribution is 5.70. The van der Waals surface area contributed by atoms with Crippen LogP contribution in [0.1, 0.15) is 25.8 Å². The lowest BCUT2D eigenvalue weighted by atomic mass is 10.0. The molecule has 1 N–H and O–H groups in total. The molecule has 4 nitrogen and oxygen atoms in total. The van der Waals surface area contributed by atoms with Crippen molar-refractivity contribution in [2.45, 2.75) is 32.4 Å². The van der Waals surface area contributed by atoms with Gasteiger partial charge < -0.3 is 9.84 Å². The zero-order valence-electron chi connectivity index (χ0n) is 11.9. The Morgan fingerprint density at radius 2 is 2.00 bits per heavy atom. The fourth-order valence-electron chi connectivity index (χ4n) is 2.11. The van der Waals surface area contributed by atoms with Crippen LogP contribution in [-0.4, -0.2) is 41.8 Å². The van der Waals surface area contributed by atoms with Crippen LogP contribution in [-0.2, 0) is 16.1 Å². The van der Waals surface area contributed by atoms with Gasteiger partial charge >= 0.3 is 5.97 Å². The van der Waals surface area contributed by atoms with E-state index in [1.165, 1.54) is 5.56 Å². The number of hydrogen-bond donors (Lipinski definition) is 1. The van der Waals surface area contributed by atoms with E-state index >= 15 is 0 Å². The van der Waals surface area contributed by atoms with Crippen molar-refractivity contribution in [3.8, 4) is 0 Å². The fourth-order valence-corrected chi connectivity index (χ4v) is 2.11. The number of carbonyl (C=O) groups excluding carboxylic acids is 1. The molecule has 0 aromatic heterocycles. The molecule has 19 heavy (non-hydrogen) atoms. The minimum atomic E-state index is -1.07. The Kier molecular flexibility index (Phi) is 5.99. The first-order valence-electron chi connectivity index (χ1n) is 6.53. The maximum atomic E-state index is 11.4. The first-order chi connectivity index (χ1) is 8.93. The molecule has 0 spiro atoms. The summed E-state index contributed by atoms with van der Waals surface area (Å²) in [4.78, 5) is 13.4. The Balaban J connectivity index is 2.46. The molecule has 106 valence electrons. The number of rotatable bonds is 7. The standard InChI is InChI=1S/C15H23NO3/c1-4-19-14(17)10-15(2,18)12-16(3)11-13-8-6-5-7-9-13/h5-9,18H,4,10-12H2,1-3H3. The number of benzene rings is 1. The molecule has 4 heteroatoms. The van der Waals surface area contributed by atoms with Gasteiger partial charge in [0.2, 0.25) is 0 Å². The monoisotopic (exact) mass is 265 g/mol.